The van der Waals surface area contributed by atoms with Crippen LogP contribution in [0.4, 0.5) is 22.8 Å². The standard InChI is InChI=1S/C29H21ClF3NO9/c1-15-25(16-2-4-18(5-3-16)40-19-6-8-20(9-7-19)43-29(31,32)33)26(22-11-23(30)17(12-35)10-24(22)34-15)42-28(37)39-14-21-13-38-27(36)41-21/h2-11,21,35H,12-14H2,1H3. The van der Waals surface area contributed by atoms with Gasteiger partial charge in [0.15, 0.2) is 11.9 Å². The van der Waals surface area contributed by atoms with Crippen LogP contribution in [0.3, 0.4) is 0 Å². The van der Waals surface area contributed by atoms with Crippen molar-refractivity contribution in [3.05, 3.63) is 76.9 Å². The van der Waals surface area contributed by atoms with Gasteiger partial charge < -0.3 is 33.5 Å². The number of hydrogen-bond acceptors (Lipinski definition) is 10. The zero-order valence-corrected chi connectivity index (χ0v) is 22.9. The molecule has 0 saturated carbocycles. The number of cyclic esters (lactones) is 2. The van der Waals surface area contributed by atoms with Crippen LogP contribution in [0.5, 0.6) is 23.0 Å². The SMILES string of the molecule is Cc1nc2cc(CO)c(Cl)cc2c(OC(=O)OCC2COC(=O)O2)c1-c1ccc(Oc2ccc(OC(F)(F)F)cc2)cc1. The quantitative estimate of drug-likeness (QED) is 0.204. The highest BCUT2D eigenvalue weighted by atomic mass is 35.5. The maximum atomic E-state index is 12.7. The Kier molecular flexibility index (Phi) is 8.46. The molecule has 4 aromatic rings. The fourth-order valence-corrected chi connectivity index (χ4v) is 4.46. The van der Waals surface area contributed by atoms with E-state index in [1.807, 2.05) is 0 Å². The first kappa shape index (κ1) is 29.7. The Hall–Kier alpha value is -4.75. The molecule has 1 unspecified atom stereocenters. The smallest absolute Gasteiger partial charge is 0.457 e. The molecule has 0 spiro atoms. The maximum Gasteiger partial charge on any atom is 0.573 e. The van der Waals surface area contributed by atoms with Crippen LogP contribution in [0.15, 0.2) is 60.7 Å². The first-order valence-electron chi connectivity index (χ1n) is 12.5. The van der Waals surface area contributed by atoms with E-state index in [0.717, 1.165) is 12.1 Å². The molecule has 1 atom stereocenters. The lowest BCUT2D eigenvalue weighted by molar-refractivity contribution is -0.274. The number of ether oxygens (including phenoxy) is 6. The molecule has 10 nitrogen and oxygen atoms in total. The van der Waals surface area contributed by atoms with E-state index in [0.29, 0.717) is 39.0 Å². The number of carbonyl (C=O) groups excluding carboxylic acids is 2. The number of halogens is 4. The molecule has 2 heterocycles. The Labute approximate surface area is 246 Å². The summed E-state index contributed by atoms with van der Waals surface area (Å²) in [6.45, 7) is 0.989. The van der Waals surface area contributed by atoms with E-state index >= 15 is 0 Å². The number of carbonyl (C=O) groups is 2. The van der Waals surface area contributed by atoms with Gasteiger partial charge in [0.25, 0.3) is 0 Å². The van der Waals surface area contributed by atoms with Gasteiger partial charge in [0.05, 0.1) is 12.1 Å². The van der Waals surface area contributed by atoms with Crippen molar-refractivity contribution in [1.29, 1.82) is 0 Å². The Balaban J connectivity index is 1.43. The lowest BCUT2D eigenvalue weighted by Crippen LogP contribution is -2.22. The van der Waals surface area contributed by atoms with Crippen LogP contribution in [0, 0.1) is 6.92 Å². The second-order valence-corrected chi connectivity index (χ2v) is 9.54. The zero-order chi connectivity index (χ0) is 30.7. The third-order valence-corrected chi connectivity index (χ3v) is 6.47. The summed E-state index contributed by atoms with van der Waals surface area (Å²) >= 11 is 6.35. The summed E-state index contributed by atoms with van der Waals surface area (Å²) < 4.78 is 67.2. The highest BCUT2D eigenvalue weighted by molar-refractivity contribution is 6.32. The van der Waals surface area contributed by atoms with Gasteiger partial charge in [0.1, 0.15) is 30.5 Å². The third kappa shape index (κ3) is 7.19. The summed E-state index contributed by atoms with van der Waals surface area (Å²) in [6, 6.07) is 14.5. The second-order valence-electron chi connectivity index (χ2n) is 9.13. The number of benzene rings is 3. The maximum absolute atomic E-state index is 12.7. The van der Waals surface area contributed by atoms with E-state index in [1.165, 1.54) is 18.2 Å². The molecule has 1 aliphatic heterocycles. The minimum Gasteiger partial charge on any atom is -0.457 e. The molecule has 0 amide bonds. The number of aromatic nitrogens is 1. The third-order valence-electron chi connectivity index (χ3n) is 6.12. The average Bonchev–Trinajstić information content (AvgIpc) is 3.38. The van der Waals surface area contributed by atoms with Gasteiger partial charge in [-0.25, -0.2) is 9.59 Å². The Morgan fingerprint density at radius 2 is 1.72 bits per heavy atom. The predicted molar refractivity (Wildman–Crippen MR) is 144 cm³/mol. The van der Waals surface area contributed by atoms with Gasteiger partial charge in [-0.1, -0.05) is 23.7 Å². The molecule has 1 fully saturated rings. The van der Waals surface area contributed by atoms with Crippen molar-refractivity contribution in [2.24, 2.45) is 0 Å². The fourth-order valence-electron chi connectivity index (χ4n) is 4.24. The lowest BCUT2D eigenvalue weighted by atomic mass is 9.99. The normalized spacial score (nSPS) is 14.7. The number of rotatable bonds is 8. The number of nitrogens with zero attached hydrogens (tertiary/aromatic N) is 1. The predicted octanol–water partition coefficient (Wildman–Crippen LogP) is 7.10. The second kappa shape index (κ2) is 12.2. The summed E-state index contributed by atoms with van der Waals surface area (Å²) in [4.78, 5) is 28.5. The van der Waals surface area contributed by atoms with Crippen LogP contribution in [0.2, 0.25) is 5.02 Å². The van der Waals surface area contributed by atoms with Gasteiger partial charge in [-0.05, 0) is 66.6 Å². The minimum atomic E-state index is -4.81. The average molecular weight is 620 g/mol. The molecule has 1 aromatic heterocycles. The van der Waals surface area contributed by atoms with Crippen LogP contribution in [0.1, 0.15) is 11.3 Å². The zero-order valence-electron chi connectivity index (χ0n) is 22.1. The van der Waals surface area contributed by atoms with Gasteiger partial charge in [-0.2, -0.15) is 0 Å². The molecule has 0 aliphatic carbocycles. The number of aryl methyl sites for hydroxylation is 1. The van der Waals surface area contributed by atoms with E-state index in [1.54, 1.807) is 37.3 Å². The Morgan fingerprint density at radius 3 is 2.33 bits per heavy atom. The monoisotopic (exact) mass is 619 g/mol. The van der Waals surface area contributed by atoms with Crippen molar-refractivity contribution < 1.29 is 56.3 Å². The van der Waals surface area contributed by atoms with Crippen molar-refractivity contribution in [2.75, 3.05) is 13.2 Å². The van der Waals surface area contributed by atoms with Crippen molar-refractivity contribution in [3.63, 3.8) is 0 Å². The highest BCUT2D eigenvalue weighted by Crippen LogP contribution is 2.41. The van der Waals surface area contributed by atoms with Crippen LogP contribution in [-0.4, -0.2) is 48.1 Å². The topological polar surface area (TPSA) is 123 Å². The van der Waals surface area contributed by atoms with Crippen LogP contribution in [-0.2, 0) is 20.8 Å². The number of alkyl halides is 3. The number of fused-ring (bicyclic) bond motifs is 1. The Morgan fingerprint density at radius 1 is 1.07 bits per heavy atom. The molecule has 1 N–H and O–H groups in total. The number of hydrogen-bond donors (Lipinski definition) is 1. The summed E-state index contributed by atoms with van der Waals surface area (Å²) in [6.07, 6.45) is -7.54. The van der Waals surface area contributed by atoms with E-state index in [-0.39, 0.29) is 42.1 Å². The molecule has 1 aliphatic rings. The van der Waals surface area contributed by atoms with E-state index in [9.17, 15) is 27.9 Å². The molecule has 3 aromatic carbocycles. The summed E-state index contributed by atoms with van der Waals surface area (Å²) in [5, 5.41) is 10.2. The number of aliphatic hydroxyl groups excluding tert-OH is 1. The molecule has 224 valence electrons. The molecule has 5 rings (SSSR count). The largest absolute Gasteiger partial charge is 0.573 e. The van der Waals surface area contributed by atoms with E-state index in [4.69, 9.17) is 30.5 Å². The first-order chi connectivity index (χ1) is 20.5. The molecule has 43 heavy (non-hydrogen) atoms. The van der Waals surface area contributed by atoms with Crippen molar-refractivity contribution in [1.82, 2.24) is 4.98 Å². The van der Waals surface area contributed by atoms with Crippen LogP contribution < -0.4 is 14.2 Å². The van der Waals surface area contributed by atoms with Crippen molar-refractivity contribution in [2.45, 2.75) is 26.0 Å². The number of pyridine rings is 1. The van der Waals surface area contributed by atoms with Crippen molar-refractivity contribution in [3.8, 4) is 34.1 Å². The van der Waals surface area contributed by atoms with Crippen LogP contribution >= 0.6 is 11.6 Å². The fraction of sp³-hybridized carbons (Fsp3) is 0.207. The highest BCUT2D eigenvalue weighted by Gasteiger charge is 2.31. The van der Waals surface area contributed by atoms with Gasteiger partial charge in [0.2, 0.25) is 0 Å². The molecule has 0 bridgehead atoms. The lowest BCUT2D eigenvalue weighted by Gasteiger charge is -2.17. The van der Waals surface area contributed by atoms with Gasteiger partial charge in [0, 0.05) is 21.7 Å². The molecule has 14 heteroatoms. The summed E-state index contributed by atoms with van der Waals surface area (Å²) in [5.74, 6) is 0.326. The Bertz CT molecular complexity index is 1660. The first-order valence-corrected chi connectivity index (χ1v) is 12.9. The van der Waals surface area contributed by atoms with Gasteiger partial charge in [-0.15, -0.1) is 13.2 Å². The molecular formula is C29H21ClF3NO9. The summed E-state index contributed by atoms with van der Waals surface area (Å²) in [5.41, 5.74) is 2.27. The molecular weight excluding hydrogens is 599 g/mol. The van der Waals surface area contributed by atoms with Gasteiger partial charge in [-0.3, -0.25) is 4.98 Å². The molecule has 1 saturated heterocycles. The summed E-state index contributed by atoms with van der Waals surface area (Å²) in [7, 11) is 0. The van der Waals surface area contributed by atoms with Gasteiger partial charge >= 0.3 is 18.7 Å². The number of aliphatic hydroxyl groups is 1. The van der Waals surface area contributed by atoms with E-state index < -0.39 is 24.8 Å². The molecule has 0 radical (unpaired) electrons. The van der Waals surface area contributed by atoms with Crippen molar-refractivity contribution >= 4 is 34.8 Å². The van der Waals surface area contributed by atoms with E-state index in [2.05, 4.69) is 14.5 Å². The van der Waals surface area contributed by atoms with Crippen LogP contribution in [0.25, 0.3) is 22.0 Å². The minimum absolute atomic E-state index is 0.0753.